The zero-order chi connectivity index (χ0) is 10.9. The Morgan fingerprint density at radius 3 is 2.50 bits per heavy atom. The second-order valence-corrected chi connectivity index (χ2v) is 4.42. The molecule has 1 heterocycles. The summed E-state index contributed by atoms with van der Waals surface area (Å²) in [5, 5.41) is 8.79. The maximum atomic E-state index is 11.5. The van der Waals surface area contributed by atoms with E-state index in [-0.39, 0.29) is 30.7 Å². The summed E-state index contributed by atoms with van der Waals surface area (Å²) < 4.78 is 0. The molecule has 0 saturated carbocycles. The fraction of sp³-hybridized carbons (Fsp3) is 0.700. The van der Waals surface area contributed by atoms with Gasteiger partial charge in [-0.25, -0.2) is 0 Å². The summed E-state index contributed by atoms with van der Waals surface area (Å²) >= 11 is 0. The average molecular weight is 194 g/mol. The maximum absolute atomic E-state index is 11.5. The van der Waals surface area contributed by atoms with Gasteiger partial charge in [0.05, 0.1) is 11.5 Å². The molecule has 0 aromatic rings. The zero-order valence-corrected chi connectivity index (χ0v) is 8.70. The van der Waals surface area contributed by atoms with Crippen LogP contribution in [0.5, 0.6) is 0 Å². The van der Waals surface area contributed by atoms with E-state index in [1.165, 1.54) is 4.90 Å². The molecule has 0 bridgehead atoms. The Kier molecular flexibility index (Phi) is 2.61. The summed E-state index contributed by atoms with van der Waals surface area (Å²) in [6, 6.07) is 2.08. The molecule has 1 saturated heterocycles. The lowest BCUT2D eigenvalue weighted by Crippen LogP contribution is -2.38. The summed E-state index contributed by atoms with van der Waals surface area (Å²) in [5.41, 5.74) is -0.657. The second-order valence-electron chi connectivity index (χ2n) is 4.42. The number of nitrogens with zero attached hydrogens (tertiary/aromatic N) is 2. The molecule has 0 N–H and O–H groups in total. The average Bonchev–Trinajstić information content (AvgIpc) is 2.32. The fourth-order valence-corrected chi connectivity index (χ4v) is 1.45. The molecule has 1 aliphatic rings. The van der Waals surface area contributed by atoms with Crippen LogP contribution in [0.1, 0.15) is 27.2 Å². The van der Waals surface area contributed by atoms with Gasteiger partial charge in [-0.05, 0) is 13.8 Å². The van der Waals surface area contributed by atoms with Crippen LogP contribution in [0.25, 0.3) is 0 Å². The van der Waals surface area contributed by atoms with Crippen molar-refractivity contribution in [2.24, 2.45) is 11.3 Å². The normalized spacial score (nSPS) is 22.7. The molecule has 14 heavy (non-hydrogen) atoms. The van der Waals surface area contributed by atoms with E-state index >= 15 is 0 Å². The zero-order valence-electron chi connectivity index (χ0n) is 8.70. The molecule has 0 spiro atoms. The van der Waals surface area contributed by atoms with Gasteiger partial charge in [0.25, 0.3) is 0 Å². The van der Waals surface area contributed by atoms with Gasteiger partial charge in [0.15, 0.2) is 0 Å². The van der Waals surface area contributed by atoms with Crippen LogP contribution in [0.3, 0.4) is 0 Å². The molecule has 0 aromatic carbocycles. The van der Waals surface area contributed by atoms with Crippen LogP contribution >= 0.6 is 0 Å². The first-order valence-electron chi connectivity index (χ1n) is 4.63. The quantitative estimate of drug-likeness (QED) is 0.614. The number of imide groups is 1. The maximum Gasteiger partial charge on any atom is 0.232 e. The van der Waals surface area contributed by atoms with Gasteiger partial charge < -0.3 is 0 Å². The van der Waals surface area contributed by atoms with Crippen LogP contribution in [0.4, 0.5) is 0 Å². The van der Waals surface area contributed by atoms with Gasteiger partial charge in [-0.1, -0.05) is 6.92 Å². The Labute approximate surface area is 83.5 Å². The van der Waals surface area contributed by atoms with Crippen molar-refractivity contribution in [2.75, 3.05) is 6.54 Å². The molecule has 1 unspecified atom stereocenters. The molecule has 76 valence electrons. The van der Waals surface area contributed by atoms with Crippen molar-refractivity contribution in [1.82, 2.24) is 4.90 Å². The van der Waals surface area contributed by atoms with E-state index in [4.69, 9.17) is 5.26 Å². The highest BCUT2D eigenvalue weighted by atomic mass is 16.2. The third-order valence-electron chi connectivity index (χ3n) is 2.33. The third-order valence-corrected chi connectivity index (χ3v) is 2.33. The van der Waals surface area contributed by atoms with Crippen molar-refractivity contribution in [3.8, 4) is 6.07 Å². The molecular weight excluding hydrogens is 180 g/mol. The van der Waals surface area contributed by atoms with Crippen LogP contribution in [0.15, 0.2) is 0 Å². The predicted molar refractivity (Wildman–Crippen MR) is 49.9 cm³/mol. The van der Waals surface area contributed by atoms with Gasteiger partial charge in [0.2, 0.25) is 11.8 Å². The molecular formula is C10H14N2O2. The van der Waals surface area contributed by atoms with Gasteiger partial charge in [-0.3, -0.25) is 14.5 Å². The first kappa shape index (κ1) is 10.7. The number of rotatable bonds is 2. The van der Waals surface area contributed by atoms with Gasteiger partial charge in [0.1, 0.15) is 0 Å². The molecule has 1 aliphatic heterocycles. The number of nitriles is 1. The highest BCUT2D eigenvalue weighted by Crippen LogP contribution is 2.24. The second kappa shape index (κ2) is 3.41. The molecule has 1 fully saturated rings. The number of hydrogen-bond donors (Lipinski definition) is 0. The topological polar surface area (TPSA) is 61.2 Å². The van der Waals surface area contributed by atoms with E-state index in [2.05, 4.69) is 6.07 Å². The van der Waals surface area contributed by atoms with E-state index in [1.54, 1.807) is 20.8 Å². The summed E-state index contributed by atoms with van der Waals surface area (Å²) in [6.45, 7) is 5.37. The first-order valence-corrected chi connectivity index (χ1v) is 4.63. The van der Waals surface area contributed by atoms with E-state index in [9.17, 15) is 9.59 Å². The van der Waals surface area contributed by atoms with Crippen molar-refractivity contribution in [3.05, 3.63) is 0 Å². The number of amides is 2. The largest absolute Gasteiger partial charge is 0.281 e. The minimum absolute atomic E-state index is 0.154. The molecule has 0 aliphatic carbocycles. The van der Waals surface area contributed by atoms with Gasteiger partial charge in [0, 0.05) is 18.9 Å². The monoisotopic (exact) mass is 194 g/mol. The van der Waals surface area contributed by atoms with Crippen LogP contribution in [-0.4, -0.2) is 23.3 Å². The Morgan fingerprint density at radius 1 is 1.57 bits per heavy atom. The van der Waals surface area contributed by atoms with E-state index in [1.807, 2.05) is 0 Å². The minimum atomic E-state index is -0.657. The van der Waals surface area contributed by atoms with Crippen LogP contribution in [0, 0.1) is 22.7 Å². The smallest absolute Gasteiger partial charge is 0.232 e. The van der Waals surface area contributed by atoms with Crippen molar-refractivity contribution < 1.29 is 9.59 Å². The Balaban J connectivity index is 2.76. The van der Waals surface area contributed by atoms with Gasteiger partial charge >= 0.3 is 0 Å². The van der Waals surface area contributed by atoms with E-state index in [0.717, 1.165) is 0 Å². The standard InChI is InChI=1S/C10H14N2O2/c1-7-4-8(13)12(9(7)14)6-10(2,3)5-11/h7H,4,6H2,1-3H3. The molecule has 1 rings (SSSR count). The van der Waals surface area contributed by atoms with Gasteiger partial charge in [-0.15, -0.1) is 0 Å². The van der Waals surface area contributed by atoms with Crippen molar-refractivity contribution in [2.45, 2.75) is 27.2 Å². The minimum Gasteiger partial charge on any atom is -0.281 e. The Bertz CT molecular complexity index is 315. The molecule has 0 radical (unpaired) electrons. The molecule has 1 atom stereocenters. The summed E-state index contributed by atoms with van der Waals surface area (Å²) in [7, 11) is 0. The molecule has 0 aromatic heterocycles. The van der Waals surface area contributed by atoms with Crippen LogP contribution in [0.2, 0.25) is 0 Å². The Hall–Kier alpha value is -1.37. The number of carbonyl (C=O) groups is 2. The summed E-state index contributed by atoms with van der Waals surface area (Å²) in [5.74, 6) is -0.541. The number of carbonyl (C=O) groups excluding carboxylic acids is 2. The number of hydrogen-bond acceptors (Lipinski definition) is 3. The molecule has 4 heteroatoms. The van der Waals surface area contributed by atoms with Crippen molar-refractivity contribution >= 4 is 11.8 Å². The van der Waals surface area contributed by atoms with Crippen molar-refractivity contribution in [3.63, 3.8) is 0 Å². The lowest BCUT2D eigenvalue weighted by molar-refractivity contribution is -0.140. The molecule has 2 amide bonds. The SMILES string of the molecule is CC1CC(=O)N(CC(C)(C)C#N)C1=O. The van der Waals surface area contributed by atoms with Gasteiger partial charge in [-0.2, -0.15) is 5.26 Å². The highest BCUT2D eigenvalue weighted by Gasteiger charge is 2.38. The highest BCUT2D eigenvalue weighted by molar-refractivity contribution is 6.03. The lowest BCUT2D eigenvalue weighted by atomic mass is 9.95. The fourth-order valence-electron chi connectivity index (χ4n) is 1.45. The predicted octanol–water partition coefficient (Wildman–Crippen LogP) is 0.931. The first-order chi connectivity index (χ1) is 6.37. The molecule has 4 nitrogen and oxygen atoms in total. The van der Waals surface area contributed by atoms with Crippen LogP contribution in [-0.2, 0) is 9.59 Å². The van der Waals surface area contributed by atoms with Crippen LogP contribution < -0.4 is 0 Å². The third kappa shape index (κ3) is 1.92. The van der Waals surface area contributed by atoms with E-state index in [0.29, 0.717) is 0 Å². The van der Waals surface area contributed by atoms with E-state index < -0.39 is 5.41 Å². The van der Waals surface area contributed by atoms with Crippen molar-refractivity contribution in [1.29, 1.82) is 5.26 Å². The Morgan fingerprint density at radius 2 is 2.14 bits per heavy atom. The summed E-state index contributed by atoms with van der Waals surface area (Å²) in [6.07, 6.45) is 0.278. The summed E-state index contributed by atoms with van der Waals surface area (Å²) in [4.78, 5) is 24.1. The number of likely N-dealkylation sites (tertiary alicyclic amines) is 1. The lowest BCUT2D eigenvalue weighted by Gasteiger charge is -2.22.